The molecule has 0 amide bonds. The van der Waals surface area contributed by atoms with Crippen LogP contribution >= 0.6 is 0 Å². The highest BCUT2D eigenvalue weighted by molar-refractivity contribution is 7.89. The highest BCUT2D eigenvalue weighted by Gasteiger charge is 2.33. The Labute approximate surface area is 102 Å². The third-order valence-corrected chi connectivity index (χ3v) is 4.60. The zero-order valence-corrected chi connectivity index (χ0v) is 10.9. The molecular weight excluding hydrogens is 236 g/mol. The number of hydrogen-bond acceptors (Lipinski definition) is 3. The lowest BCUT2D eigenvalue weighted by atomic mass is 10.2. The van der Waals surface area contributed by atoms with E-state index < -0.39 is 10.0 Å². The van der Waals surface area contributed by atoms with E-state index in [1.165, 1.54) is 6.07 Å². The van der Waals surface area contributed by atoms with Crippen molar-refractivity contribution in [2.24, 2.45) is 11.8 Å². The standard InChI is InChI=1S/C12H18N2O2S/c1-8-3-11(13)6-12(4-8)17(15,16)14-7-10-5-9(10)2/h3-4,6,9-10,14H,5,7,13H2,1-2H3. The van der Waals surface area contributed by atoms with E-state index in [4.69, 9.17) is 5.73 Å². The van der Waals surface area contributed by atoms with Crippen LogP contribution in [0.25, 0.3) is 0 Å². The molecule has 0 saturated heterocycles. The number of benzene rings is 1. The molecular formula is C12H18N2O2S. The molecule has 1 aromatic rings. The Morgan fingerprint density at radius 3 is 2.59 bits per heavy atom. The zero-order chi connectivity index (χ0) is 12.6. The normalized spacial score (nSPS) is 23.6. The average Bonchev–Trinajstić information content (AvgIpc) is 2.90. The molecule has 1 fully saturated rings. The lowest BCUT2D eigenvalue weighted by molar-refractivity contribution is 0.574. The van der Waals surface area contributed by atoms with Gasteiger partial charge in [-0.25, -0.2) is 13.1 Å². The maximum absolute atomic E-state index is 12.0. The van der Waals surface area contributed by atoms with Crippen molar-refractivity contribution in [1.29, 1.82) is 0 Å². The lowest BCUT2D eigenvalue weighted by Gasteiger charge is -2.08. The van der Waals surface area contributed by atoms with Crippen molar-refractivity contribution in [3.63, 3.8) is 0 Å². The first-order valence-electron chi connectivity index (χ1n) is 5.75. The minimum absolute atomic E-state index is 0.253. The smallest absolute Gasteiger partial charge is 0.240 e. The molecule has 0 aliphatic heterocycles. The Kier molecular flexibility index (Phi) is 3.14. The van der Waals surface area contributed by atoms with E-state index in [9.17, 15) is 8.42 Å². The minimum Gasteiger partial charge on any atom is -0.399 e. The predicted octanol–water partition coefficient (Wildman–Crippen LogP) is 1.51. The first-order valence-corrected chi connectivity index (χ1v) is 7.23. The molecule has 2 rings (SSSR count). The van der Waals surface area contributed by atoms with Crippen molar-refractivity contribution in [3.05, 3.63) is 23.8 Å². The first kappa shape index (κ1) is 12.4. The fourth-order valence-corrected chi connectivity index (χ4v) is 3.15. The second-order valence-corrected chi connectivity index (χ2v) is 6.67. The van der Waals surface area contributed by atoms with E-state index in [0.29, 0.717) is 24.1 Å². The van der Waals surface area contributed by atoms with Gasteiger partial charge >= 0.3 is 0 Å². The largest absolute Gasteiger partial charge is 0.399 e. The van der Waals surface area contributed by atoms with Crippen molar-refractivity contribution in [2.45, 2.75) is 25.2 Å². The Morgan fingerprint density at radius 1 is 1.41 bits per heavy atom. The molecule has 4 nitrogen and oxygen atoms in total. The second kappa shape index (κ2) is 4.31. The van der Waals surface area contributed by atoms with Gasteiger partial charge in [0.05, 0.1) is 4.90 Å². The molecule has 0 radical (unpaired) electrons. The summed E-state index contributed by atoms with van der Waals surface area (Å²) in [6, 6.07) is 4.88. The van der Waals surface area contributed by atoms with Gasteiger partial charge in [0.15, 0.2) is 0 Å². The summed E-state index contributed by atoms with van der Waals surface area (Å²) in [7, 11) is -3.41. The number of aryl methyl sites for hydroxylation is 1. The summed E-state index contributed by atoms with van der Waals surface area (Å²) in [5.41, 5.74) is 6.98. The molecule has 1 aliphatic rings. The summed E-state index contributed by atoms with van der Waals surface area (Å²) in [5, 5.41) is 0. The molecule has 1 aromatic carbocycles. The highest BCUT2D eigenvalue weighted by atomic mass is 32.2. The second-order valence-electron chi connectivity index (χ2n) is 4.90. The van der Waals surface area contributed by atoms with Crippen molar-refractivity contribution in [1.82, 2.24) is 4.72 Å². The average molecular weight is 254 g/mol. The Bertz CT molecular complexity index is 505. The van der Waals surface area contributed by atoms with Gasteiger partial charge < -0.3 is 5.73 Å². The summed E-state index contributed by atoms with van der Waals surface area (Å²) < 4.78 is 26.7. The SMILES string of the molecule is Cc1cc(N)cc(S(=O)(=O)NCC2CC2C)c1. The maximum Gasteiger partial charge on any atom is 0.240 e. The minimum atomic E-state index is -3.41. The van der Waals surface area contributed by atoms with E-state index in [-0.39, 0.29) is 4.90 Å². The highest BCUT2D eigenvalue weighted by Crippen LogP contribution is 2.37. The third kappa shape index (κ3) is 2.98. The third-order valence-electron chi connectivity index (χ3n) is 3.20. The molecule has 2 atom stereocenters. The van der Waals surface area contributed by atoms with Crippen molar-refractivity contribution in [2.75, 3.05) is 12.3 Å². The Morgan fingerprint density at radius 2 is 2.06 bits per heavy atom. The van der Waals surface area contributed by atoms with Crippen LogP contribution in [0.3, 0.4) is 0 Å². The fraction of sp³-hybridized carbons (Fsp3) is 0.500. The fourth-order valence-electron chi connectivity index (χ4n) is 1.92. The van der Waals surface area contributed by atoms with Crippen LogP contribution in [-0.2, 0) is 10.0 Å². The summed E-state index contributed by atoms with van der Waals surface area (Å²) in [4.78, 5) is 0.253. The Hall–Kier alpha value is -1.07. The number of rotatable bonds is 4. The molecule has 0 spiro atoms. The summed E-state index contributed by atoms with van der Waals surface area (Å²) in [5.74, 6) is 1.13. The maximum atomic E-state index is 12.0. The zero-order valence-electron chi connectivity index (χ0n) is 10.1. The van der Waals surface area contributed by atoms with Crippen molar-refractivity contribution in [3.8, 4) is 0 Å². The van der Waals surface area contributed by atoms with E-state index in [2.05, 4.69) is 11.6 Å². The van der Waals surface area contributed by atoms with Gasteiger partial charge in [0.2, 0.25) is 10.0 Å². The van der Waals surface area contributed by atoms with Crippen LogP contribution in [0.5, 0.6) is 0 Å². The molecule has 0 aromatic heterocycles. The molecule has 94 valence electrons. The van der Waals surface area contributed by atoms with Gasteiger partial charge in [-0.1, -0.05) is 6.92 Å². The molecule has 1 saturated carbocycles. The summed E-state index contributed by atoms with van der Waals surface area (Å²) in [6.45, 7) is 4.49. The van der Waals surface area contributed by atoms with Gasteiger partial charge in [0.25, 0.3) is 0 Å². The van der Waals surface area contributed by atoms with Crippen LogP contribution in [0, 0.1) is 18.8 Å². The molecule has 2 unspecified atom stereocenters. The van der Waals surface area contributed by atoms with Crippen molar-refractivity contribution >= 4 is 15.7 Å². The number of anilines is 1. The lowest BCUT2D eigenvalue weighted by Crippen LogP contribution is -2.26. The molecule has 1 aliphatic carbocycles. The topological polar surface area (TPSA) is 72.2 Å². The molecule has 0 bridgehead atoms. The number of hydrogen-bond donors (Lipinski definition) is 2. The van der Waals surface area contributed by atoms with Gasteiger partial charge in [0.1, 0.15) is 0 Å². The van der Waals surface area contributed by atoms with E-state index >= 15 is 0 Å². The van der Waals surface area contributed by atoms with E-state index in [1.807, 2.05) is 6.92 Å². The van der Waals surface area contributed by atoms with Crippen LogP contribution in [0.2, 0.25) is 0 Å². The number of sulfonamides is 1. The van der Waals surface area contributed by atoms with Gasteiger partial charge in [0, 0.05) is 12.2 Å². The first-order chi connectivity index (χ1) is 7.88. The number of nitrogens with one attached hydrogen (secondary N) is 1. The van der Waals surface area contributed by atoms with E-state index in [1.54, 1.807) is 12.1 Å². The number of nitrogen functional groups attached to an aromatic ring is 1. The molecule has 3 N–H and O–H groups in total. The van der Waals surface area contributed by atoms with Crippen LogP contribution in [0.15, 0.2) is 23.1 Å². The predicted molar refractivity (Wildman–Crippen MR) is 68.1 cm³/mol. The van der Waals surface area contributed by atoms with Gasteiger partial charge in [-0.15, -0.1) is 0 Å². The van der Waals surface area contributed by atoms with Crippen LogP contribution < -0.4 is 10.5 Å². The van der Waals surface area contributed by atoms with Crippen LogP contribution in [-0.4, -0.2) is 15.0 Å². The van der Waals surface area contributed by atoms with Gasteiger partial charge in [-0.2, -0.15) is 0 Å². The molecule has 17 heavy (non-hydrogen) atoms. The van der Waals surface area contributed by atoms with Gasteiger partial charge in [-0.3, -0.25) is 0 Å². The van der Waals surface area contributed by atoms with Crippen LogP contribution in [0.1, 0.15) is 18.9 Å². The van der Waals surface area contributed by atoms with Crippen LogP contribution in [0.4, 0.5) is 5.69 Å². The Balaban J connectivity index is 2.13. The molecule has 5 heteroatoms. The number of nitrogens with two attached hydrogens (primary N) is 1. The van der Waals surface area contributed by atoms with Crippen molar-refractivity contribution < 1.29 is 8.42 Å². The molecule has 0 heterocycles. The van der Waals surface area contributed by atoms with Gasteiger partial charge in [-0.05, 0) is 48.9 Å². The quantitative estimate of drug-likeness (QED) is 0.800. The monoisotopic (exact) mass is 254 g/mol. The summed E-state index contributed by atoms with van der Waals surface area (Å²) >= 11 is 0. The summed E-state index contributed by atoms with van der Waals surface area (Å²) in [6.07, 6.45) is 1.11. The van der Waals surface area contributed by atoms with E-state index in [0.717, 1.165) is 12.0 Å².